The third-order valence-electron chi connectivity index (χ3n) is 4.54. The molecule has 0 saturated carbocycles. The SMILES string of the molecule is CC[C@H](C)[C@H](C(=O)O)C1CNC(=O)N1Cc1cccnc1C. The molecule has 2 heterocycles. The number of nitrogens with zero attached hydrogens (tertiary/aromatic N) is 2. The smallest absolute Gasteiger partial charge is 0.318 e. The van der Waals surface area contributed by atoms with E-state index in [2.05, 4.69) is 10.3 Å². The van der Waals surface area contributed by atoms with Gasteiger partial charge in [0.15, 0.2) is 0 Å². The lowest BCUT2D eigenvalue weighted by Crippen LogP contribution is -2.44. The molecule has 2 N–H and O–H groups in total. The number of carboxylic acid groups (broad SMARTS) is 1. The molecule has 0 aromatic carbocycles. The monoisotopic (exact) mass is 305 g/mol. The van der Waals surface area contributed by atoms with Crippen LogP contribution in [-0.2, 0) is 11.3 Å². The number of urea groups is 1. The van der Waals surface area contributed by atoms with Crippen LogP contribution in [0, 0.1) is 18.8 Å². The molecule has 6 heteroatoms. The summed E-state index contributed by atoms with van der Waals surface area (Å²) in [6, 6.07) is 3.21. The molecule has 1 fully saturated rings. The Morgan fingerprint density at radius 2 is 2.32 bits per heavy atom. The highest BCUT2D eigenvalue weighted by atomic mass is 16.4. The van der Waals surface area contributed by atoms with Crippen molar-refractivity contribution in [3.63, 3.8) is 0 Å². The molecule has 2 rings (SSSR count). The Kier molecular flexibility index (Phi) is 5.00. The Hall–Kier alpha value is -2.11. The maximum Gasteiger partial charge on any atom is 0.318 e. The molecular weight excluding hydrogens is 282 g/mol. The molecule has 22 heavy (non-hydrogen) atoms. The number of amides is 2. The van der Waals surface area contributed by atoms with Crippen LogP contribution in [0.1, 0.15) is 31.5 Å². The highest BCUT2D eigenvalue weighted by molar-refractivity contribution is 5.79. The molecule has 0 spiro atoms. The van der Waals surface area contributed by atoms with Crippen LogP contribution in [0.2, 0.25) is 0 Å². The minimum Gasteiger partial charge on any atom is -0.481 e. The lowest BCUT2D eigenvalue weighted by molar-refractivity contribution is -0.145. The zero-order valence-electron chi connectivity index (χ0n) is 13.2. The number of hydrogen-bond acceptors (Lipinski definition) is 3. The summed E-state index contributed by atoms with van der Waals surface area (Å²) in [7, 11) is 0. The number of carbonyl (C=O) groups excluding carboxylic acids is 1. The summed E-state index contributed by atoms with van der Waals surface area (Å²) in [4.78, 5) is 29.7. The molecular formula is C16H23N3O3. The van der Waals surface area contributed by atoms with Gasteiger partial charge >= 0.3 is 12.0 Å². The van der Waals surface area contributed by atoms with Crippen LogP contribution in [0.5, 0.6) is 0 Å². The third kappa shape index (κ3) is 3.21. The molecule has 1 aliphatic rings. The Morgan fingerprint density at radius 3 is 2.91 bits per heavy atom. The second kappa shape index (κ2) is 6.77. The molecule has 0 radical (unpaired) electrons. The van der Waals surface area contributed by atoms with E-state index in [0.717, 1.165) is 17.7 Å². The average molecular weight is 305 g/mol. The maximum absolute atomic E-state index is 12.1. The van der Waals surface area contributed by atoms with Gasteiger partial charge in [0, 0.05) is 25.0 Å². The van der Waals surface area contributed by atoms with E-state index in [4.69, 9.17) is 0 Å². The Balaban J connectivity index is 2.25. The van der Waals surface area contributed by atoms with Crippen LogP contribution in [-0.4, -0.2) is 39.6 Å². The summed E-state index contributed by atoms with van der Waals surface area (Å²) in [5.74, 6) is -1.41. The lowest BCUT2D eigenvalue weighted by Gasteiger charge is -2.31. The van der Waals surface area contributed by atoms with Crippen LogP contribution in [0.15, 0.2) is 18.3 Å². The van der Waals surface area contributed by atoms with E-state index >= 15 is 0 Å². The molecule has 6 nitrogen and oxygen atoms in total. The second-order valence-electron chi connectivity index (χ2n) is 5.88. The van der Waals surface area contributed by atoms with Gasteiger partial charge in [-0.3, -0.25) is 9.78 Å². The van der Waals surface area contributed by atoms with Gasteiger partial charge in [0.1, 0.15) is 0 Å². The number of nitrogens with one attached hydrogen (secondary N) is 1. The number of aromatic nitrogens is 1. The highest BCUT2D eigenvalue weighted by Gasteiger charge is 2.42. The molecule has 1 saturated heterocycles. The van der Waals surface area contributed by atoms with Gasteiger partial charge in [0.2, 0.25) is 0 Å². The largest absolute Gasteiger partial charge is 0.481 e. The average Bonchev–Trinajstić information content (AvgIpc) is 2.82. The van der Waals surface area contributed by atoms with Gasteiger partial charge in [-0.15, -0.1) is 0 Å². The molecule has 1 unspecified atom stereocenters. The van der Waals surface area contributed by atoms with Crippen LogP contribution in [0.25, 0.3) is 0 Å². The van der Waals surface area contributed by atoms with Gasteiger partial charge in [-0.05, 0) is 24.5 Å². The Morgan fingerprint density at radius 1 is 1.59 bits per heavy atom. The van der Waals surface area contributed by atoms with Crippen molar-refractivity contribution in [2.24, 2.45) is 11.8 Å². The molecule has 2 amide bonds. The van der Waals surface area contributed by atoms with Crippen molar-refractivity contribution in [2.75, 3.05) is 6.54 Å². The summed E-state index contributed by atoms with van der Waals surface area (Å²) in [5.41, 5.74) is 1.80. The van der Waals surface area contributed by atoms with Crippen molar-refractivity contribution in [3.05, 3.63) is 29.6 Å². The van der Waals surface area contributed by atoms with Crippen LogP contribution < -0.4 is 5.32 Å². The zero-order valence-corrected chi connectivity index (χ0v) is 13.2. The van der Waals surface area contributed by atoms with Gasteiger partial charge in [-0.2, -0.15) is 0 Å². The quantitative estimate of drug-likeness (QED) is 0.842. The number of rotatable bonds is 6. The molecule has 120 valence electrons. The van der Waals surface area contributed by atoms with Gasteiger partial charge in [0.05, 0.1) is 12.0 Å². The van der Waals surface area contributed by atoms with E-state index in [0.29, 0.717) is 13.1 Å². The molecule has 0 bridgehead atoms. The summed E-state index contributed by atoms with van der Waals surface area (Å²) in [6.07, 6.45) is 2.47. The maximum atomic E-state index is 12.1. The zero-order chi connectivity index (χ0) is 16.3. The van der Waals surface area contributed by atoms with Gasteiger partial charge < -0.3 is 15.3 Å². The van der Waals surface area contributed by atoms with Crippen molar-refractivity contribution in [2.45, 2.75) is 39.8 Å². The van der Waals surface area contributed by atoms with E-state index in [-0.39, 0.29) is 18.0 Å². The summed E-state index contributed by atoms with van der Waals surface area (Å²) < 4.78 is 0. The first-order chi connectivity index (χ1) is 10.5. The molecule has 3 atom stereocenters. The van der Waals surface area contributed by atoms with Crippen molar-refractivity contribution in [3.8, 4) is 0 Å². The van der Waals surface area contributed by atoms with Crippen LogP contribution in [0.4, 0.5) is 4.79 Å². The predicted octanol–water partition coefficient (Wildman–Crippen LogP) is 2.03. The van der Waals surface area contributed by atoms with Gasteiger partial charge in [0.25, 0.3) is 0 Å². The van der Waals surface area contributed by atoms with Crippen LogP contribution in [0.3, 0.4) is 0 Å². The predicted molar refractivity (Wildman–Crippen MR) is 82.3 cm³/mol. The first-order valence-electron chi connectivity index (χ1n) is 7.63. The normalized spacial score (nSPS) is 20.6. The summed E-state index contributed by atoms with van der Waals surface area (Å²) in [6.45, 7) is 6.55. The first-order valence-corrected chi connectivity index (χ1v) is 7.63. The minimum absolute atomic E-state index is 0.00713. The Labute approximate surface area is 130 Å². The van der Waals surface area contributed by atoms with Gasteiger partial charge in [-0.25, -0.2) is 4.79 Å². The minimum atomic E-state index is -0.844. The van der Waals surface area contributed by atoms with Gasteiger partial charge in [-0.1, -0.05) is 26.3 Å². The van der Waals surface area contributed by atoms with Crippen molar-refractivity contribution >= 4 is 12.0 Å². The second-order valence-corrected chi connectivity index (χ2v) is 5.88. The number of aryl methyl sites for hydroxylation is 1. The Bertz CT molecular complexity index is 561. The first kappa shape index (κ1) is 16.3. The van der Waals surface area contributed by atoms with E-state index in [9.17, 15) is 14.7 Å². The standard InChI is InChI=1S/C16H23N3O3/c1-4-10(2)14(15(20)21)13-8-18-16(22)19(13)9-12-6-5-7-17-11(12)3/h5-7,10,13-14H,4,8-9H2,1-3H3,(H,18,22)(H,20,21)/t10-,13?,14-/m0/s1. The fourth-order valence-electron chi connectivity index (χ4n) is 2.97. The number of carbonyl (C=O) groups is 2. The van der Waals surface area contributed by atoms with Crippen molar-refractivity contribution in [1.29, 1.82) is 0 Å². The number of hydrogen-bond donors (Lipinski definition) is 2. The number of aliphatic carboxylic acids is 1. The summed E-state index contributed by atoms with van der Waals surface area (Å²) >= 11 is 0. The van der Waals surface area contributed by atoms with E-state index < -0.39 is 11.9 Å². The molecule has 1 aromatic heterocycles. The topological polar surface area (TPSA) is 82.5 Å². The number of carboxylic acids is 1. The van der Waals surface area contributed by atoms with Crippen LogP contribution >= 0.6 is 0 Å². The number of pyridine rings is 1. The van der Waals surface area contributed by atoms with E-state index in [1.807, 2.05) is 32.9 Å². The molecule has 0 aliphatic carbocycles. The van der Waals surface area contributed by atoms with E-state index in [1.165, 1.54) is 0 Å². The van der Waals surface area contributed by atoms with Crippen molar-refractivity contribution in [1.82, 2.24) is 15.2 Å². The summed E-state index contributed by atoms with van der Waals surface area (Å²) in [5, 5.41) is 12.4. The van der Waals surface area contributed by atoms with Crippen molar-refractivity contribution < 1.29 is 14.7 Å². The molecule has 1 aliphatic heterocycles. The lowest BCUT2D eigenvalue weighted by atomic mass is 9.85. The fraction of sp³-hybridized carbons (Fsp3) is 0.562. The highest BCUT2D eigenvalue weighted by Crippen LogP contribution is 2.27. The molecule has 1 aromatic rings. The van der Waals surface area contributed by atoms with E-state index in [1.54, 1.807) is 11.1 Å². The fourth-order valence-corrected chi connectivity index (χ4v) is 2.97. The third-order valence-corrected chi connectivity index (χ3v) is 4.54.